The molecule has 0 amide bonds. The van der Waals surface area contributed by atoms with Crippen LogP contribution in [0, 0.1) is 0 Å². The fourth-order valence-electron chi connectivity index (χ4n) is 4.58. The highest BCUT2D eigenvalue weighted by atomic mass is 28.3. The Labute approximate surface area is 196 Å². The van der Waals surface area contributed by atoms with E-state index in [1.165, 1.54) is 108 Å². The van der Waals surface area contributed by atoms with E-state index in [-0.39, 0.29) is 0 Å². The summed E-state index contributed by atoms with van der Waals surface area (Å²) in [5, 5.41) is 1.68. The largest absolute Gasteiger partial charge is 0.0940 e. The first-order valence-corrected chi connectivity index (χ1v) is 16.3. The summed E-state index contributed by atoms with van der Waals surface area (Å²) in [4.78, 5) is 0. The Morgan fingerprint density at radius 2 is 1.03 bits per heavy atom. The predicted octanol–water partition coefficient (Wildman–Crippen LogP) is 9.98. The quantitative estimate of drug-likeness (QED) is 0.107. The van der Waals surface area contributed by atoms with Crippen LogP contribution in [0.25, 0.3) is 0 Å². The second-order valence-corrected chi connectivity index (χ2v) is 14.0. The minimum absolute atomic E-state index is 1.26. The van der Waals surface area contributed by atoms with Crippen molar-refractivity contribution in [1.29, 1.82) is 0 Å². The van der Waals surface area contributed by atoms with Crippen LogP contribution in [0.2, 0.25) is 18.1 Å². The van der Waals surface area contributed by atoms with Gasteiger partial charge in [-0.15, -0.1) is 0 Å². The molecule has 1 rings (SSSR count). The van der Waals surface area contributed by atoms with Crippen LogP contribution < -0.4 is 5.19 Å². The Balaban J connectivity index is 2.85. The lowest BCUT2D eigenvalue weighted by molar-refractivity contribution is 0.622. The van der Waals surface area contributed by atoms with Gasteiger partial charge in [-0.25, -0.2) is 0 Å². The SMILES string of the molecule is CCCCC/C=C/C[Si](C/C=C/CCCCC)(CCCCCCCC)c1ccccc1. The summed E-state index contributed by atoms with van der Waals surface area (Å²) in [7, 11) is -1.55. The van der Waals surface area contributed by atoms with E-state index in [0.717, 1.165) is 0 Å². The lowest BCUT2D eigenvalue weighted by Crippen LogP contribution is -2.46. The molecule has 0 aromatic heterocycles. The van der Waals surface area contributed by atoms with Gasteiger partial charge in [-0.1, -0.05) is 151 Å². The van der Waals surface area contributed by atoms with Gasteiger partial charge in [0.05, 0.1) is 8.07 Å². The molecule has 0 aliphatic rings. The molecule has 1 aromatic rings. The van der Waals surface area contributed by atoms with Crippen LogP contribution in [0.1, 0.15) is 111 Å². The molecule has 0 aliphatic heterocycles. The molecule has 0 aliphatic carbocycles. The Morgan fingerprint density at radius 1 is 0.548 bits per heavy atom. The summed E-state index contributed by atoms with van der Waals surface area (Å²) in [6.07, 6.45) is 29.1. The van der Waals surface area contributed by atoms with Gasteiger partial charge < -0.3 is 0 Å². The van der Waals surface area contributed by atoms with Gasteiger partial charge in [0.25, 0.3) is 0 Å². The molecular weight excluding hydrogens is 388 g/mol. The average Bonchev–Trinajstić information content (AvgIpc) is 2.80. The average molecular weight is 441 g/mol. The number of unbranched alkanes of at least 4 members (excludes halogenated alkanes) is 11. The molecule has 1 aromatic carbocycles. The van der Waals surface area contributed by atoms with Crippen molar-refractivity contribution in [2.24, 2.45) is 0 Å². The molecule has 31 heavy (non-hydrogen) atoms. The van der Waals surface area contributed by atoms with Gasteiger partial charge in [-0.05, 0) is 37.8 Å². The van der Waals surface area contributed by atoms with Crippen molar-refractivity contribution in [3.05, 3.63) is 54.6 Å². The third-order valence-corrected chi connectivity index (χ3v) is 11.6. The van der Waals surface area contributed by atoms with Crippen molar-refractivity contribution in [1.82, 2.24) is 0 Å². The Bertz CT molecular complexity index is 535. The molecule has 1 heteroatoms. The van der Waals surface area contributed by atoms with Crippen molar-refractivity contribution in [3.8, 4) is 0 Å². The Hall–Kier alpha value is -1.08. The van der Waals surface area contributed by atoms with E-state index >= 15 is 0 Å². The van der Waals surface area contributed by atoms with E-state index in [1.54, 1.807) is 5.19 Å². The highest BCUT2D eigenvalue weighted by Crippen LogP contribution is 2.27. The summed E-state index contributed by atoms with van der Waals surface area (Å²) in [5.74, 6) is 0. The van der Waals surface area contributed by atoms with Crippen molar-refractivity contribution < 1.29 is 0 Å². The van der Waals surface area contributed by atoms with Crippen molar-refractivity contribution in [3.63, 3.8) is 0 Å². The molecule has 0 saturated carbocycles. The normalized spacial score (nSPS) is 12.4. The molecule has 0 N–H and O–H groups in total. The van der Waals surface area contributed by atoms with Gasteiger partial charge in [-0.2, -0.15) is 0 Å². The van der Waals surface area contributed by atoms with Crippen molar-refractivity contribution in [2.45, 2.75) is 129 Å². The zero-order chi connectivity index (χ0) is 22.5. The number of rotatable bonds is 20. The second kappa shape index (κ2) is 19.6. The molecule has 0 nitrogen and oxygen atoms in total. The minimum atomic E-state index is -1.55. The molecule has 0 fully saturated rings. The monoisotopic (exact) mass is 440 g/mol. The van der Waals surface area contributed by atoms with E-state index in [0.29, 0.717) is 0 Å². The fourth-order valence-corrected chi connectivity index (χ4v) is 8.98. The standard InChI is InChI=1S/C30H52Si/c1-4-7-10-13-16-22-27-31(30-25-20-19-21-26-30,28-23-17-14-11-8-5-2)29-24-18-15-12-9-6-3/h16-17,19-23,25-26H,4-15,18,24,27-29H2,1-3H3/b22-16+,23-17+. The molecule has 0 atom stereocenters. The third-order valence-electron chi connectivity index (χ3n) is 6.69. The van der Waals surface area contributed by atoms with Crippen LogP contribution in [0.4, 0.5) is 0 Å². The van der Waals surface area contributed by atoms with Gasteiger partial charge in [0.2, 0.25) is 0 Å². The Morgan fingerprint density at radius 3 is 1.58 bits per heavy atom. The topological polar surface area (TPSA) is 0 Å². The smallest absolute Gasteiger partial charge is 0.0909 e. The maximum atomic E-state index is 2.57. The zero-order valence-corrected chi connectivity index (χ0v) is 22.2. The van der Waals surface area contributed by atoms with E-state index in [2.05, 4.69) is 75.4 Å². The van der Waals surface area contributed by atoms with Gasteiger partial charge in [0.1, 0.15) is 0 Å². The zero-order valence-electron chi connectivity index (χ0n) is 21.2. The van der Waals surface area contributed by atoms with Crippen molar-refractivity contribution >= 4 is 13.3 Å². The highest BCUT2D eigenvalue weighted by molar-refractivity contribution is 6.92. The van der Waals surface area contributed by atoms with Gasteiger partial charge >= 0.3 is 0 Å². The molecule has 0 saturated heterocycles. The summed E-state index contributed by atoms with van der Waals surface area (Å²) in [6, 6.07) is 15.7. The van der Waals surface area contributed by atoms with Crippen LogP contribution in [0.3, 0.4) is 0 Å². The molecular formula is C30H52Si. The van der Waals surface area contributed by atoms with Gasteiger partial charge in [-0.3, -0.25) is 0 Å². The van der Waals surface area contributed by atoms with Gasteiger partial charge in [0, 0.05) is 0 Å². The van der Waals surface area contributed by atoms with Crippen LogP contribution in [0.15, 0.2) is 54.6 Å². The molecule has 0 bridgehead atoms. The van der Waals surface area contributed by atoms with Gasteiger partial charge in [0.15, 0.2) is 0 Å². The summed E-state index contributed by atoms with van der Waals surface area (Å²) in [5.41, 5.74) is 0. The first-order valence-electron chi connectivity index (χ1n) is 13.6. The first kappa shape index (κ1) is 28.0. The minimum Gasteiger partial charge on any atom is -0.0909 e. The van der Waals surface area contributed by atoms with E-state index < -0.39 is 8.07 Å². The third kappa shape index (κ3) is 13.1. The van der Waals surface area contributed by atoms with Crippen LogP contribution in [-0.2, 0) is 0 Å². The molecule has 0 unspecified atom stereocenters. The van der Waals surface area contributed by atoms with Crippen molar-refractivity contribution in [2.75, 3.05) is 0 Å². The maximum Gasteiger partial charge on any atom is 0.0940 e. The summed E-state index contributed by atoms with van der Waals surface area (Å²) >= 11 is 0. The second-order valence-electron chi connectivity index (χ2n) is 9.51. The molecule has 176 valence electrons. The lowest BCUT2D eigenvalue weighted by atomic mass is 10.1. The van der Waals surface area contributed by atoms with E-state index in [1.807, 2.05) is 0 Å². The number of benzene rings is 1. The maximum absolute atomic E-state index is 2.57. The fraction of sp³-hybridized carbons (Fsp3) is 0.667. The molecule has 0 heterocycles. The number of allylic oxidation sites excluding steroid dienone is 4. The lowest BCUT2D eigenvalue weighted by Gasteiger charge is -2.31. The van der Waals surface area contributed by atoms with Crippen LogP contribution >= 0.6 is 0 Å². The number of hydrogen-bond donors (Lipinski definition) is 0. The van der Waals surface area contributed by atoms with Crippen LogP contribution in [0.5, 0.6) is 0 Å². The Kier molecular flexibility index (Phi) is 17.7. The predicted molar refractivity (Wildman–Crippen MR) is 146 cm³/mol. The molecule has 0 spiro atoms. The number of hydrogen-bond acceptors (Lipinski definition) is 0. The first-order chi connectivity index (χ1) is 15.3. The summed E-state index contributed by atoms with van der Waals surface area (Å²) in [6.45, 7) is 6.90. The summed E-state index contributed by atoms with van der Waals surface area (Å²) < 4.78 is 0. The van der Waals surface area contributed by atoms with Crippen LogP contribution in [-0.4, -0.2) is 8.07 Å². The highest BCUT2D eigenvalue weighted by Gasteiger charge is 2.31. The molecule has 0 radical (unpaired) electrons. The van der Waals surface area contributed by atoms with E-state index in [4.69, 9.17) is 0 Å². The van der Waals surface area contributed by atoms with E-state index in [9.17, 15) is 0 Å².